The summed E-state index contributed by atoms with van der Waals surface area (Å²) in [6, 6.07) is 19.0. The summed E-state index contributed by atoms with van der Waals surface area (Å²) in [5, 5.41) is 2.70. The average Bonchev–Trinajstić information content (AvgIpc) is 2.90. The van der Waals surface area contributed by atoms with Crippen LogP contribution in [-0.4, -0.2) is 55.5 Å². The minimum absolute atomic E-state index is 0.189. The van der Waals surface area contributed by atoms with Crippen molar-refractivity contribution in [3.63, 3.8) is 0 Å². The zero-order valence-electron chi connectivity index (χ0n) is 23.4. The molecule has 0 radical (unpaired) electrons. The Hall–Kier alpha value is -3.23. The van der Waals surface area contributed by atoms with E-state index in [1.54, 1.807) is 11.9 Å². The molecule has 2 rings (SSSR count). The van der Waals surface area contributed by atoms with Crippen molar-refractivity contribution >= 4 is 17.7 Å². The second-order valence-electron chi connectivity index (χ2n) is 10.4. The van der Waals surface area contributed by atoms with Gasteiger partial charge in [-0.15, -0.1) is 0 Å². The lowest BCUT2D eigenvalue weighted by atomic mass is 9.84. The molecule has 0 saturated heterocycles. The van der Waals surface area contributed by atoms with Crippen molar-refractivity contribution < 1.29 is 24.0 Å². The smallest absolute Gasteiger partial charge is 0.273 e. The van der Waals surface area contributed by atoms with Crippen LogP contribution >= 0.6 is 0 Å². The molecule has 8 heteroatoms. The maximum absolute atomic E-state index is 13.6. The molecule has 0 aliphatic rings. The number of hydrogen-bond donors (Lipinski definition) is 2. The first kappa shape index (κ1) is 31.0. The monoisotopic (exact) mass is 525 g/mol. The van der Waals surface area contributed by atoms with Crippen LogP contribution in [0.2, 0.25) is 0 Å². The Labute approximate surface area is 227 Å². The molecule has 2 atom stereocenters. The second-order valence-corrected chi connectivity index (χ2v) is 10.4. The van der Waals surface area contributed by atoms with E-state index < -0.39 is 23.5 Å². The average molecular weight is 526 g/mol. The van der Waals surface area contributed by atoms with Crippen LogP contribution in [0.15, 0.2) is 60.7 Å². The maximum Gasteiger partial charge on any atom is 0.273 e. The Balaban J connectivity index is 2.02. The number of nitrogens with one attached hydrogen (secondary N) is 2. The van der Waals surface area contributed by atoms with Crippen LogP contribution in [0.1, 0.15) is 57.6 Å². The van der Waals surface area contributed by atoms with E-state index in [9.17, 15) is 14.4 Å². The molecule has 0 spiro atoms. The largest absolute Gasteiger partial charge is 0.371 e. The Kier molecular flexibility index (Phi) is 13.0. The van der Waals surface area contributed by atoms with Gasteiger partial charge in [0.05, 0.1) is 13.0 Å². The highest BCUT2D eigenvalue weighted by molar-refractivity contribution is 5.91. The zero-order chi connectivity index (χ0) is 28.0. The van der Waals surface area contributed by atoms with Gasteiger partial charge in [0.15, 0.2) is 0 Å². The van der Waals surface area contributed by atoms with Crippen LogP contribution in [0.25, 0.3) is 0 Å². The molecule has 38 heavy (non-hydrogen) atoms. The van der Waals surface area contributed by atoms with Crippen molar-refractivity contribution in [2.75, 3.05) is 20.7 Å². The first-order chi connectivity index (χ1) is 18.2. The molecule has 0 bridgehead atoms. The van der Waals surface area contributed by atoms with E-state index in [4.69, 9.17) is 9.57 Å². The highest BCUT2D eigenvalue weighted by Crippen LogP contribution is 2.26. The number of amides is 3. The Morgan fingerprint density at radius 2 is 1.47 bits per heavy atom. The SMILES string of the molecule is CNC(=O)C(N(CCCCCc1ccccc1)C(=O)C[C@H](OC)C(=O)NOCc1ccccc1)C(C)(C)C. The van der Waals surface area contributed by atoms with Gasteiger partial charge in [-0.3, -0.25) is 19.2 Å². The lowest BCUT2D eigenvalue weighted by Gasteiger charge is -2.39. The molecule has 0 saturated carbocycles. The summed E-state index contributed by atoms with van der Waals surface area (Å²) in [5.74, 6) is -1.10. The van der Waals surface area contributed by atoms with Crippen molar-refractivity contribution in [2.45, 2.75) is 71.6 Å². The summed E-state index contributed by atoms with van der Waals surface area (Å²) < 4.78 is 5.34. The van der Waals surface area contributed by atoms with Gasteiger partial charge in [0.1, 0.15) is 12.1 Å². The first-order valence-corrected chi connectivity index (χ1v) is 13.2. The number of carbonyl (C=O) groups is 3. The van der Waals surface area contributed by atoms with Gasteiger partial charge in [0, 0.05) is 20.7 Å². The third-order valence-corrected chi connectivity index (χ3v) is 6.35. The molecule has 2 aromatic rings. The summed E-state index contributed by atoms with van der Waals surface area (Å²) in [7, 11) is 2.95. The molecule has 2 aromatic carbocycles. The summed E-state index contributed by atoms with van der Waals surface area (Å²) in [6.07, 6.45) is 2.33. The maximum atomic E-state index is 13.6. The normalized spacial score (nSPS) is 12.9. The zero-order valence-corrected chi connectivity index (χ0v) is 23.4. The summed E-state index contributed by atoms with van der Waals surface area (Å²) in [5.41, 5.74) is 4.05. The number of aryl methyl sites for hydroxylation is 1. The lowest BCUT2D eigenvalue weighted by Crippen LogP contribution is -2.56. The van der Waals surface area contributed by atoms with Crippen LogP contribution in [0, 0.1) is 5.41 Å². The van der Waals surface area contributed by atoms with Crippen molar-refractivity contribution in [1.82, 2.24) is 15.7 Å². The van der Waals surface area contributed by atoms with Gasteiger partial charge in [0.25, 0.3) is 5.91 Å². The van der Waals surface area contributed by atoms with Crippen LogP contribution in [0.4, 0.5) is 0 Å². The van der Waals surface area contributed by atoms with Gasteiger partial charge in [-0.05, 0) is 35.8 Å². The molecule has 0 heterocycles. The van der Waals surface area contributed by atoms with Gasteiger partial charge in [-0.25, -0.2) is 5.48 Å². The van der Waals surface area contributed by atoms with Gasteiger partial charge in [-0.2, -0.15) is 0 Å². The van der Waals surface area contributed by atoms with Crippen LogP contribution in [0.3, 0.4) is 0 Å². The van der Waals surface area contributed by atoms with Gasteiger partial charge < -0.3 is 15.0 Å². The van der Waals surface area contributed by atoms with Crippen LogP contribution < -0.4 is 10.8 Å². The van der Waals surface area contributed by atoms with Gasteiger partial charge in [0.2, 0.25) is 11.8 Å². The fourth-order valence-corrected chi connectivity index (χ4v) is 4.36. The van der Waals surface area contributed by atoms with E-state index in [1.807, 2.05) is 69.3 Å². The van der Waals surface area contributed by atoms with Crippen molar-refractivity contribution in [1.29, 1.82) is 0 Å². The molecule has 1 unspecified atom stereocenters. The van der Waals surface area contributed by atoms with E-state index in [1.165, 1.54) is 12.7 Å². The van der Waals surface area contributed by atoms with Crippen molar-refractivity contribution in [3.8, 4) is 0 Å². The van der Waals surface area contributed by atoms with E-state index in [2.05, 4.69) is 22.9 Å². The number of hydroxylamine groups is 1. The van der Waals surface area contributed by atoms with E-state index in [0.717, 1.165) is 31.2 Å². The molecule has 0 fully saturated rings. The van der Waals surface area contributed by atoms with Crippen LogP contribution in [-0.2, 0) is 37.0 Å². The standard InChI is InChI=1S/C30H43N3O5/c1-30(2,3)27(29(36)31-4)33(20-14-8-13-17-23-15-9-6-10-16-23)26(34)21-25(37-5)28(35)32-38-22-24-18-11-7-12-19-24/h6-7,9-12,15-16,18-19,25,27H,8,13-14,17,20-22H2,1-5H3,(H,31,36)(H,32,35)/t25-,27?/m0/s1. The Morgan fingerprint density at radius 3 is 2.03 bits per heavy atom. The molecule has 0 aromatic heterocycles. The number of unbranched alkanes of at least 4 members (excludes halogenated alkanes) is 2. The summed E-state index contributed by atoms with van der Waals surface area (Å²) >= 11 is 0. The molecular formula is C30H43N3O5. The lowest BCUT2D eigenvalue weighted by molar-refractivity contribution is -0.153. The van der Waals surface area contributed by atoms with E-state index in [-0.39, 0.29) is 24.8 Å². The number of rotatable bonds is 15. The second kappa shape index (κ2) is 15.9. The third-order valence-electron chi connectivity index (χ3n) is 6.35. The number of hydrogen-bond acceptors (Lipinski definition) is 5. The fourth-order valence-electron chi connectivity index (χ4n) is 4.36. The summed E-state index contributed by atoms with van der Waals surface area (Å²) in [6.45, 7) is 6.39. The van der Waals surface area contributed by atoms with Crippen molar-refractivity contribution in [2.24, 2.45) is 5.41 Å². The molecule has 0 aliphatic carbocycles. The van der Waals surface area contributed by atoms with E-state index >= 15 is 0 Å². The van der Waals surface area contributed by atoms with Crippen LogP contribution in [0.5, 0.6) is 0 Å². The molecular weight excluding hydrogens is 482 g/mol. The van der Waals surface area contributed by atoms with Crippen molar-refractivity contribution in [3.05, 3.63) is 71.8 Å². The number of carbonyl (C=O) groups excluding carboxylic acids is 3. The number of likely N-dealkylation sites (N-methyl/N-ethyl adjacent to an activating group) is 1. The topological polar surface area (TPSA) is 97.0 Å². The van der Waals surface area contributed by atoms with E-state index in [0.29, 0.717) is 6.54 Å². The number of nitrogens with zero attached hydrogens (tertiary/aromatic N) is 1. The number of methoxy groups -OCH3 is 1. The van der Waals surface area contributed by atoms with Gasteiger partial charge in [-0.1, -0.05) is 87.9 Å². The molecule has 8 nitrogen and oxygen atoms in total. The molecule has 208 valence electrons. The minimum atomic E-state index is -1.05. The highest BCUT2D eigenvalue weighted by atomic mass is 16.7. The fraction of sp³-hybridized carbons (Fsp3) is 0.500. The minimum Gasteiger partial charge on any atom is -0.371 e. The first-order valence-electron chi connectivity index (χ1n) is 13.2. The molecule has 0 aliphatic heterocycles. The Morgan fingerprint density at radius 1 is 0.868 bits per heavy atom. The highest BCUT2D eigenvalue weighted by Gasteiger charge is 2.39. The number of benzene rings is 2. The Bertz CT molecular complexity index is 992. The molecule has 2 N–H and O–H groups in total. The van der Waals surface area contributed by atoms with Gasteiger partial charge >= 0.3 is 0 Å². The summed E-state index contributed by atoms with van der Waals surface area (Å²) in [4.78, 5) is 46.1. The molecule has 3 amide bonds. The predicted octanol–water partition coefficient (Wildman–Crippen LogP) is 4.04. The third kappa shape index (κ3) is 10.3. The predicted molar refractivity (Wildman–Crippen MR) is 148 cm³/mol. The quantitative estimate of drug-likeness (QED) is 0.270. The number of ether oxygens (including phenoxy) is 1.